The molecule has 2 N–H and O–H groups in total. The van der Waals surface area contributed by atoms with Crippen LogP contribution in [0.1, 0.15) is 18.1 Å². The summed E-state index contributed by atoms with van der Waals surface area (Å²) in [5.74, 6) is -1.24. The van der Waals surface area contributed by atoms with E-state index >= 15 is 0 Å². The van der Waals surface area contributed by atoms with E-state index in [4.69, 9.17) is 32.7 Å². The number of ether oxygens (including phenoxy) is 2. The molecular weight excluding hydrogens is 484 g/mol. The molecular formula is C24H20Cl2FN3O4. The smallest absolute Gasteiger partial charge is 0.329 e. The predicted octanol–water partition coefficient (Wildman–Crippen LogP) is 5.20. The first-order chi connectivity index (χ1) is 16.4. The largest absolute Gasteiger partial charge is 0.490 e. The number of carbonyl (C=O) groups excluding carboxylic acids is 2. The van der Waals surface area contributed by atoms with Crippen LogP contribution in [-0.4, -0.2) is 24.6 Å². The molecule has 34 heavy (non-hydrogen) atoms. The van der Waals surface area contributed by atoms with Crippen molar-refractivity contribution in [1.29, 1.82) is 0 Å². The molecule has 3 rings (SSSR count). The summed E-state index contributed by atoms with van der Waals surface area (Å²) in [5.41, 5.74) is 3.87. The molecule has 0 aliphatic rings. The van der Waals surface area contributed by atoms with Crippen LogP contribution in [0.4, 0.5) is 10.1 Å². The molecule has 176 valence electrons. The van der Waals surface area contributed by atoms with Crippen LogP contribution in [0.3, 0.4) is 0 Å². The predicted molar refractivity (Wildman–Crippen MR) is 129 cm³/mol. The van der Waals surface area contributed by atoms with Crippen molar-refractivity contribution in [1.82, 2.24) is 5.43 Å². The minimum absolute atomic E-state index is 0.234. The first kappa shape index (κ1) is 25.0. The number of rotatable bonds is 8. The second kappa shape index (κ2) is 12.0. The number of carbonyl (C=O) groups is 2. The van der Waals surface area contributed by atoms with Gasteiger partial charge in [-0.2, -0.15) is 5.10 Å². The third-order valence-electron chi connectivity index (χ3n) is 4.34. The van der Waals surface area contributed by atoms with Gasteiger partial charge in [-0.1, -0.05) is 35.3 Å². The van der Waals surface area contributed by atoms with Gasteiger partial charge in [0.15, 0.2) is 11.5 Å². The summed E-state index contributed by atoms with van der Waals surface area (Å²) in [6, 6.07) is 15.5. The molecule has 0 aromatic heterocycles. The van der Waals surface area contributed by atoms with Crippen LogP contribution in [0.2, 0.25) is 10.0 Å². The van der Waals surface area contributed by atoms with Gasteiger partial charge >= 0.3 is 11.8 Å². The third kappa shape index (κ3) is 7.19. The number of benzene rings is 3. The fraction of sp³-hybridized carbons (Fsp3) is 0.125. The van der Waals surface area contributed by atoms with Crippen LogP contribution in [0.25, 0.3) is 0 Å². The van der Waals surface area contributed by atoms with Crippen LogP contribution < -0.4 is 20.2 Å². The van der Waals surface area contributed by atoms with Crippen LogP contribution in [0, 0.1) is 5.82 Å². The molecule has 0 aliphatic heterocycles. The van der Waals surface area contributed by atoms with Gasteiger partial charge in [0.05, 0.1) is 22.9 Å². The van der Waals surface area contributed by atoms with Gasteiger partial charge in [-0.3, -0.25) is 9.59 Å². The highest BCUT2D eigenvalue weighted by molar-refractivity contribution is 6.42. The third-order valence-corrected chi connectivity index (χ3v) is 5.08. The second-order valence-electron chi connectivity index (χ2n) is 6.84. The minimum atomic E-state index is -0.966. The Hall–Kier alpha value is -3.62. The summed E-state index contributed by atoms with van der Waals surface area (Å²) < 4.78 is 24.5. The van der Waals surface area contributed by atoms with E-state index in [0.29, 0.717) is 34.4 Å². The monoisotopic (exact) mass is 503 g/mol. The van der Waals surface area contributed by atoms with Crippen molar-refractivity contribution in [3.63, 3.8) is 0 Å². The van der Waals surface area contributed by atoms with Crippen molar-refractivity contribution in [2.45, 2.75) is 13.5 Å². The summed E-state index contributed by atoms with van der Waals surface area (Å²) >= 11 is 11.7. The lowest BCUT2D eigenvalue weighted by Crippen LogP contribution is -2.32. The van der Waals surface area contributed by atoms with E-state index in [1.807, 2.05) is 6.92 Å². The summed E-state index contributed by atoms with van der Waals surface area (Å²) in [4.78, 5) is 24.0. The summed E-state index contributed by atoms with van der Waals surface area (Å²) in [5, 5.41) is 6.77. The number of hydrazone groups is 1. The lowest BCUT2D eigenvalue weighted by Gasteiger charge is -2.12. The fourth-order valence-corrected chi connectivity index (χ4v) is 3.01. The van der Waals surface area contributed by atoms with Crippen LogP contribution in [-0.2, 0) is 16.2 Å². The van der Waals surface area contributed by atoms with Crippen molar-refractivity contribution < 1.29 is 23.5 Å². The van der Waals surface area contributed by atoms with Gasteiger partial charge in [0.1, 0.15) is 12.4 Å². The fourth-order valence-electron chi connectivity index (χ4n) is 2.71. The summed E-state index contributed by atoms with van der Waals surface area (Å²) in [7, 11) is 0. The van der Waals surface area contributed by atoms with Crippen LogP contribution in [0.15, 0.2) is 65.8 Å². The van der Waals surface area contributed by atoms with E-state index < -0.39 is 11.8 Å². The number of anilines is 1. The van der Waals surface area contributed by atoms with E-state index in [1.54, 1.807) is 30.3 Å². The average Bonchev–Trinajstić information content (AvgIpc) is 2.82. The Kier molecular flexibility index (Phi) is 8.84. The quantitative estimate of drug-likeness (QED) is 0.251. The Labute approximate surface area is 205 Å². The van der Waals surface area contributed by atoms with Gasteiger partial charge in [-0.05, 0) is 66.6 Å². The molecule has 0 radical (unpaired) electrons. The molecule has 0 saturated heterocycles. The van der Waals surface area contributed by atoms with Gasteiger partial charge < -0.3 is 14.8 Å². The molecule has 3 aromatic rings. The summed E-state index contributed by atoms with van der Waals surface area (Å²) in [6.07, 6.45) is 1.36. The first-order valence-electron chi connectivity index (χ1n) is 10.1. The lowest BCUT2D eigenvalue weighted by molar-refractivity contribution is -0.136. The highest BCUT2D eigenvalue weighted by Gasteiger charge is 2.13. The SMILES string of the molecule is CCOc1cc(/C=N/NC(=O)C(=O)Nc2ccc(Cl)c(Cl)c2)ccc1OCc1ccc(F)cc1. The molecule has 7 nitrogen and oxygen atoms in total. The Balaban J connectivity index is 1.59. The molecule has 0 atom stereocenters. The zero-order valence-electron chi connectivity index (χ0n) is 18.0. The Morgan fingerprint density at radius 2 is 1.71 bits per heavy atom. The van der Waals surface area contributed by atoms with Crippen molar-refractivity contribution in [3.8, 4) is 11.5 Å². The van der Waals surface area contributed by atoms with Crippen molar-refractivity contribution in [2.24, 2.45) is 5.10 Å². The van der Waals surface area contributed by atoms with Crippen LogP contribution >= 0.6 is 23.2 Å². The molecule has 0 heterocycles. The summed E-state index contributed by atoms with van der Waals surface area (Å²) in [6.45, 7) is 2.47. The molecule has 0 fully saturated rings. The lowest BCUT2D eigenvalue weighted by atomic mass is 10.2. The van der Waals surface area contributed by atoms with Gasteiger partial charge in [0, 0.05) is 5.69 Å². The maximum absolute atomic E-state index is 13.0. The minimum Gasteiger partial charge on any atom is -0.490 e. The number of halogens is 3. The average molecular weight is 504 g/mol. The van der Waals surface area contributed by atoms with E-state index in [9.17, 15) is 14.0 Å². The normalized spacial score (nSPS) is 10.7. The zero-order chi connectivity index (χ0) is 24.5. The van der Waals surface area contributed by atoms with Crippen molar-refractivity contribution in [3.05, 3.63) is 87.7 Å². The van der Waals surface area contributed by atoms with Crippen LogP contribution in [0.5, 0.6) is 11.5 Å². The number of amides is 2. The molecule has 0 spiro atoms. The molecule has 0 saturated carbocycles. The maximum atomic E-state index is 13.0. The van der Waals surface area contributed by atoms with E-state index in [-0.39, 0.29) is 17.4 Å². The van der Waals surface area contributed by atoms with Gasteiger partial charge in [0.2, 0.25) is 0 Å². The van der Waals surface area contributed by atoms with Crippen molar-refractivity contribution in [2.75, 3.05) is 11.9 Å². The highest BCUT2D eigenvalue weighted by atomic mass is 35.5. The molecule has 2 amide bonds. The number of nitrogens with zero attached hydrogens (tertiary/aromatic N) is 1. The maximum Gasteiger partial charge on any atom is 0.329 e. The van der Waals surface area contributed by atoms with E-state index in [2.05, 4.69) is 15.8 Å². The van der Waals surface area contributed by atoms with Gasteiger partial charge in [-0.15, -0.1) is 0 Å². The highest BCUT2D eigenvalue weighted by Crippen LogP contribution is 2.29. The molecule has 0 aliphatic carbocycles. The van der Waals surface area contributed by atoms with Gasteiger partial charge in [0.25, 0.3) is 0 Å². The molecule has 0 unspecified atom stereocenters. The second-order valence-corrected chi connectivity index (χ2v) is 7.65. The standard InChI is InChI=1S/C24H20Cl2FN3O4/c1-2-33-22-11-16(5-10-21(22)34-14-15-3-6-17(27)7-4-15)13-28-30-24(32)23(31)29-18-8-9-19(25)20(26)12-18/h3-13H,2,14H2,1H3,(H,29,31)(H,30,32)/b28-13+. The van der Waals surface area contributed by atoms with Gasteiger partial charge in [-0.25, -0.2) is 9.82 Å². The number of nitrogens with one attached hydrogen (secondary N) is 2. The van der Waals surface area contributed by atoms with E-state index in [0.717, 1.165) is 5.56 Å². The van der Waals surface area contributed by atoms with Crippen molar-refractivity contribution >= 4 is 46.9 Å². The van der Waals surface area contributed by atoms with E-state index in [1.165, 1.54) is 36.5 Å². The molecule has 3 aromatic carbocycles. The topological polar surface area (TPSA) is 89.0 Å². The zero-order valence-corrected chi connectivity index (χ0v) is 19.5. The molecule has 10 heteroatoms. The Morgan fingerprint density at radius 1 is 0.941 bits per heavy atom. The number of hydrogen-bond donors (Lipinski definition) is 2. The molecule has 0 bridgehead atoms. The first-order valence-corrected chi connectivity index (χ1v) is 10.8. The Bertz CT molecular complexity index is 1200. The number of hydrogen-bond acceptors (Lipinski definition) is 5. The Morgan fingerprint density at radius 3 is 2.41 bits per heavy atom.